The van der Waals surface area contributed by atoms with Gasteiger partial charge in [-0.25, -0.2) is 9.37 Å². The zero-order valence-electron chi connectivity index (χ0n) is 15.5. The molecule has 3 aromatic rings. The summed E-state index contributed by atoms with van der Waals surface area (Å²) in [6.07, 6.45) is 0.367. The zero-order valence-corrected chi connectivity index (χ0v) is 16.3. The first-order valence-corrected chi connectivity index (χ1v) is 9.70. The summed E-state index contributed by atoms with van der Waals surface area (Å²) in [5.74, 6) is 0.197. The van der Waals surface area contributed by atoms with Crippen molar-refractivity contribution in [2.24, 2.45) is 0 Å². The average molecular weight is 400 g/mol. The van der Waals surface area contributed by atoms with Gasteiger partial charge >= 0.3 is 0 Å². The number of amides is 1. The smallest absolute Gasteiger partial charge is 0.271 e. The Bertz CT molecular complexity index is 929. The van der Waals surface area contributed by atoms with E-state index in [9.17, 15) is 9.18 Å². The van der Waals surface area contributed by atoms with Crippen LogP contribution < -0.4 is 10.1 Å². The van der Waals surface area contributed by atoms with Gasteiger partial charge in [-0.2, -0.15) is 0 Å². The van der Waals surface area contributed by atoms with E-state index in [4.69, 9.17) is 9.47 Å². The van der Waals surface area contributed by atoms with E-state index in [1.54, 1.807) is 30.7 Å². The van der Waals surface area contributed by atoms with Crippen molar-refractivity contribution < 1.29 is 18.7 Å². The van der Waals surface area contributed by atoms with Gasteiger partial charge in [-0.15, -0.1) is 11.3 Å². The van der Waals surface area contributed by atoms with E-state index in [0.29, 0.717) is 42.4 Å². The highest BCUT2D eigenvalue weighted by Gasteiger charge is 2.12. The minimum atomic E-state index is -0.267. The molecule has 3 rings (SSSR count). The minimum Gasteiger partial charge on any atom is -0.491 e. The second kappa shape index (κ2) is 9.96. The number of halogens is 1. The fourth-order valence-corrected chi connectivity index (χ4v) is 3.36. The van der Waals surface area contributed by atoms with Crippen LogP contribution in [0.4, 0.5) is 4.39 Å². The number of hydrogen-bond donors (Lipinski definition) is 1. The number of aromatic nitrogens is 1. The summed E-state index contributed by atoms with van der Waals surface area (Å²) in [4.78, 5) is 16.7. The van der Waals surface area contributed by atoms with Crippen LogP contribution >= 0.6 is 11.3 Å². The molecule has 28 heavy (non-hydrogen) atoms. The number of ether oxygens (including phenoxy) is 2. The van der Waals surface area contributed by atoms with Gasteiger partial charge in [0.05, 0.1) is 11.6 Å². The molecule has 0 aliphatic carbocycles. The molecule has 0 spiro atoms. The molecule has 0 saturated heterocycles. The van der Waals surface area contributed by atoms with Crippen LogP contribution in [-0.4, -0.2) is 31.2 Å². The Morgan fingerprint density at radius 1 is 1.18 bits per heavy atom. The zero-order chi connectivity index (χ0) is 19.8. The molecular formula is C21H21FN2O3S. The van der Waals surface area contributed by atoms with Crippen LogP contribution in [0.25, 0.3) is 0 Å². The predicted molar refractivity (Wildman–Crippen MR) is 106 cm³/mol. The van der Waals surface area contributed by atoms with Crippen molar-refractivity contribution in [3.05, 3.63) is 81.6 Å². The summed E-state index contributed by atoms with van der Waals surface area (Å²) in [6, 6.07) is 14.1. The fraction of sp³-hybridized carbons (Fsp3) is 0.238. The van der Waals surface area contributed by atoms with E-state index in [2.05, 4.69) is 10.3 Å². The lowest BCUT2D eigenvalue weighted by Gasteiger charge is -2.08. The Kier molecular flexibility index (Phi) is 7.11. The van der Waals surface area contributed by atoms with E-state index in [1.165, 1.54) is 17.4 Å². The number of nitrogens with zero attached hydrogens (tertiary/aromatic N) is 1. The summed E-state index contributed by atoms with van der Waals surface area (Å²) in [6.45, 7) is 1.34. The second-order valence-corrected chi connectivity index (χ2v) is 7.01. The second-order valence-electron chi connectivity index (χ2n) is 6.07. The number of rotatable bonds is 9. The topological polar surface area (TPSA) is 60.5 Å². The molecule has 146 valence electrons. The molecule has 0 fully saturated rings. The molecular weight excluding hydrogens is 379 g/mol. The molecule has 0 saturated carbocycles. The standard InChI is InChI=1S/C21H21FN2O3S/c1-26-9-10-27-17-7-4-5-15(11-17)13-23-21(25)19-14-28-20(24-19)12-16-6-2-3-8-18(16)22/h2-8,11,14H,9-10,12-13H2,1H3,(H,23,25). The van der Waals surface area contributed by atoms with Crippen LogP contribution in [-0.2, 0) is 17.7 Å². The number of carbonyl (C=O) groups is 1. The fourth-order valence-electron chi connectivity index (χ4n) is 2.56. The summed E-state index contributed by atoms with van der Waals surface area (Å²) >= 11 is 1.35. The number of carbonyl (C=O) groups excluding carboxylic acids is 1. The number of benzene rings is 2. The maximum absolute atomic E-state index is 13.8. The Labute approximate surface area is 167 Å². The summed E-state index contributed by atoms with van der Waals surface area (Å²) in [5, 5.41) is 5.24. The Balaban J connectivity index is 1.55. The lowest BCUT2D eigenvalue weighted by molar-refractivity contribution is 0.0946. The molecule has 2 aromatic carbocycles. The van der Waals surface area contributed by atoms with Gasteiger partial charge in [0.2, 0.25) is 0 Å². The van der Waals surface area contributed by atoms with Crippen LogP contribution in [0.2, 0.25) is 0 Å². The van der Waals surface area contributed by atoms with E-state index in [0.717, 1.165) is 11.3 Å². The number of methoxy groups -OCH3 is 1. The number of nitrogens with one attached hydrogen (secondary N) is 1. The molecule has 7 heteroatoms. The summed E-state index contributed by atoms with van der Waals surface area (Å²) in [7, 11) is 1.62. The van der Waals surface area contributed by atoms with Gasteiger partial charge in [-0.05, 0) is 29.3 Å². The Morgan fingerprint density at radius 2 is 2.04 bits per heavy atom. The molecule has 0 unspecified atom stereocenters. The summed E-state index contributed by atoms with van der Waals surface area (Å²) in [5.41, 5.74) is 1.82. The molecule has 0 aliphatic rings. The number of thiazole rings is 1. The SMILES string of the molecule is COCCOc1cccc(CNC(=O)c2csc(Cc3ccccc3F)n2)c1. The molecule has 1 amide bonds. The first-order chi connectivity index (χ1) is 13.7. The monoisotopic (exact) mass is 400 g/mol. The van der Waals surface area contributed by atoms with Crippen molar-refractivity contribution in [1.29, 1.82) is 0 Å². The van der Waals surface area contributed by atoms with Gasteiger partial charge in [0.25, 0.3) is 5.91 Å². The highest BCUT2D eigenvalue weighted by atomic mass is 32.1. The lowest BCUT2D eigenvalue weighted by Crippen LogP contribution is -2.23. The molecule has 0 atom stereocenters. The Morgan fingerprint density at radius 3 is 2.86 bits per heavy atom. The van der Waals surface area contributed by atoms with Gasteiger partial charge < -0.3 is 14.8 Å². The summed E-state index contributed by atoms with van der Waals surface area (Å²) < 4.78 is 24.3. The molecule has 5 nitrogen and oxygen atoms in total. The normalized spacial score (nSPS) is 10.6. The third-order valence-corrected chi connectivity index (χ3v) is 4.84. The average Bonchev–Trinajstić information content (AvgIpc) is 3.17. The van der Waals surface area contributed by atoms with Gasteiger partial charge in [0, 0.05) is 25.5 Å². The Hall–Kier alpha value is -2.77. The maximum Gasteiger partial charge on any atom is 0.271 e. The van der Waals surface area contributed by atoms with Crippen molar-refractivity contribution >= 4 is 17.2 Å². The molecule has 1 aromatic heterocycles. The first-order valence-electron chi connectivity index (χ1n) is 8.82. The number of hydrogen-bond acceptors (Lipinski definition) is 5. The lowest BCUT2D eigenvalue weighted by atomic mass is 10.1. The molecule has 1 N–H and O–H groups in total. The van der Waals surface area contributed by atoms with Crippen LogP contribution in [0.1, 0.15) is 26.6 Å². The van der Waals surface area contributed by atoms with Crippen molar-refractivity contribution in [3.8, 4) is 5.75 Å². The van der Waals surface area contributed by atoms with Crippen molar-refractivity contribution in [2.45, 2.75) is 13.0 Å². The predicted octanol–water partition coefficient (Wildman–Crippen LogP) is 3.83. The highest BCUT2D eigenvalue weighted by molar-refractivity contribution is 7.09. The maximum atomic E-state index is 13.8. The molecule has 1 heterocycles. The van der Waals surface area contributed by atoms with Gasteiger partial charge in [0.1, 0.15) is 23.9 Å². The van der Waals surface area contributed by atoms with Gasteiger partial charge in [-0.1, -0.05) is 30.3 Å². The highest BCUT2D eigenvalue weighted by Crippen LogP contribution is 2.17. The minimum absolute atomic E-state index is 0.262. The molecule has 0 bridgehead atoms. The largest absolute Gasteiger partial charge is 0.491 e. The van der Waals surface area contributed by atoms with Crippen LogP contribution in [0, 0.1) is 5.82 Å². The first kappa shape index (κ1) is 20.0. The van der Waals surface area contributed by atoms with Crippen molar-refractivity contribution in [3.63, 3.8) is 0 Å². The van der Waals surface area contributed by atoms with Crippen LogP contribution in [0.3, 0.4) is 0 Å². The van der Waals surface area contributed by atoms with Crippen LogP contribution in [0.5, 0.6) is 5.75 Å². The van der Waals surface area contributed by atoms with E-state index in [1.807, 2.05) is 24.3 Å². The third-order valence-electron chi connectivity index (χ3n) is 3.99. The quantitative estimate of drug-likeness (QED) is 0.555. The van der Waals surface area contributed by atoms with Crippen LogP contribution in [0.15, 0.2) is 53.9 Å². The van der Waals surface area contributed by atoms with Crippen molar-refractivity contribution in [2.75, 3.05) is 20.3 Å². The van der Waals surface area contributed by atoms with E-state index >= 15 is 0 Å². The molecule has 0 aliphatic heterocycles. The van der Waals surface area contributed by atoms with Gasteiger partial charge in [0.15, 0.2) is 0 Å². The van der Waals surface area contributed by atoms with E-state index in [-0.39, 0.29) is 11.7 Å². The molecule has 0 radical (unpaired) electrons. The van der Waals surface area contributed by atoms with E-state index < -0.39 is 0 Å². The van der Waals surface area contributed by atoms with Crippen molar-refractivity contribution in [1.82, 2.24) is 10.3 Å². The van der Waals surface area contributed by atoms with Gasteiger partial charge in [-0.3, -0.25) is 4.79 Å². The third kappa shape index (κ3) is 5.61.